The molecule has 7 heteroatoms. The number of primary amides is 1. The van der Waals surface area contributed by atoms with E-state index in [0.29, 0.717) is 12.2 Å². The highest BCUT2D eigenvalue weighted by molar-refractivity contribution is 5.92. The molecule has 29 heavy (non-hydrogen) atoms. The van der Waals surface area contributed by atoms with E-state index in [1.165, 1.54) is 11.3 Å². The molecule has 3 aromatic rings. The molecule has 0 aliphatic carbocycles. The Morgan fingerprint density at radius 1 is 1.17 bits per heavy atom. The van der Waals surface area contributed by atoms with Crippen LogP contribution in [-0.4, -0.2) is 37.1 Å². The van der Waals surface area contributed by atoms with E-state index in [1.807, 2.05) is 18.3 Å². The molecule has 150 valence electrons. The van der Waals surface area contributed by atoms with Gasteiger partial charge in [0.2, 0.25) is 0 Å². The van der Waals surface area contributed by atoms with E-state index in [-0.39, 0.29) is 5.54 Å². The monoisotopic (exact) mass is 390 g/mol. The van der Waals surface area contributed by atoms with Gasteiger partial charge in [0.15, 0.2) is 0 Å². The van der Waals surface area contributed by atoms with E-state index in [0.717, 1.165) is 36.3 Å². The van der Waals surface area contributed by atoms with Gasteiger partial charge < -0.3 is 5.73 Å². The van der Waals surface area contributed by atoms with Crippen LogP contribution in [0.4, 0.5) is 0 Å². The number of hydrogen-bond donors (Lipinski definition) is 1. The van der Waals surface area contributed by atoms with Crippen molar-refractivity contribution in [3.8, 4) is 11.1 Å². The molecular weight excluding hydrogens is 364 g/mol. The number of hydrogen-bond acceptors (Lipinski definition) is 5. The fourth-order valence-corrected chi connectivity index (χ4v) is 3.93. The van der Waals surface area contributed by atoms with E-state index in [2.05, 4.69) is 51.5 Å². The average molecular weight is 390 g/mol. The van der Waals surface area contributed by atoms with Gasteiger partial charge in [0.25, 0.3) is 5.91 Å². The van der Waals surface area contributed by atoms with Crippen LogP contribution in [-0.2, 0) is 25.0 Å². The van der Waals surface area contributed by atoms with Crippen LogP contribution >= 0.6 is 0 Å². The lowest BCUT2D eigenvalue weighted by molar-refractivity contribution is 0.0994. The Balaban J connectivity index is 1.67. The Morgan fingerprint density at radius 2 is 1.93 bits per heavy atom. The minimum atomic E-state index is -0.508. The molecule has 4 heterocycles. The van der Waals surface area contributed by atoms with Gasteiger partial charge in [-0.1, -0.05) is 0 Å². The first-order valence-electron chi connectivity index (χ1n) is 9.81. The van der Waals surface area contributed by atoms with E-state index in [4.69, 9.17) is 5.73 Å². The Bertz CT molecular complexity index is 1040. The highest BCUT2D eigenvalue weighted by Gasteiger charge is 2.25. The lowest BCUT2D eigenvalue weighted by Crippen LogP contribution is -2.34. The molecule has 7 nitrogen and oxygen atoms in total. The number of rotatable bonds is 4. The Hall–Kier alpha value is -3.06. The van der Waals surface area contributed by atoms with Gasteiger partial charge in [-0.25, -0.2) is 4.98 Å². The number of carbonyl (C=O) groups is 1. The third kappa shape index (κ3) is 3.91. The Labute approximate surface area is 170 Å². The lowest BCUT2D eigenvalue weighted by Gasteiger charge is -2.31. The molecule has 0 atom stereocenters. The van der Waals surface area contributed by atoms with E-state index >= 15 is 0 Å². The second kappa shape index (κ2) is 7.40. The number of aromatic nitrogens is 4. The summed E-state index contributed by atoms with van der Waals surface area (Å²) in [4.78, 5) is 22.9. The molecule has 2 N–H and O–H groups in total. The number of carbonyl (C=O) groups excluding carboxylic acids is 1. The number of pyridine rings is 2. The minimum absolute atomic E-state index is 0.0710. The molecule has 0 radical (unpaired) electrons. The fraction of sp³-hybridized carbons (Fsp3) is 0.364. The van der Waals surface area contributed by atoms with Crippen molar-refractivity contribution in [2.75, 3.05) is 6.54 Å². The van der Waals surface area contributed by atoms with Crippen molar-refractivity contribution < 1.29 is 4.79 Å². The second-order valence-corrected chi connectivity index (χ2v) is 8.45. The molecule has 0 saturated carbocycles. The fourth-order valence-electron chi connectivity index (χ4n) is 3.93. The van der Waals surface area contributed by atoms with Crippen molar-refractivity contribution in [2.45, 2.75) is 45.8 Å². The van der Waals surface area contributed by atoms with Crippen LogP contribution in [0.2, 0.25) is 0 Å². The van der Waals surface area contributed by atoms with Crippen molar-refractivity contribution in [1.82, 2.24) is 24.6 Å². The predicted octanol–water partition coefficient (Wildman–Crippen LogP) is 2.75. The number of nitrogens with two attached hydrogens (primary N) is 1. The normalized spacial score (nSPS) is 14.6. The summed E-state index contributed by atoms with van der Waals surface area (Å²) in [6.07, 6.45) is 6.23. The summed E-state index contributed by atoms with van der Waals surface area (Å²) >= 11 is 0. The molecule has 0 bridgehead atoms. The Kier molecular flexibility index (Phi) is 4.92. The van der Waals surface area contributed by atoms with Gasteiger partial charge >= 0.3 is 0 Å². The number of amides is 1. The van der Waals surface area contributed by atoms with Crippen molar-refractivity contribution in [3.63, 3.8) is 0 Å². The molecular formula is C22H26N6O. The van der Waals surface area contributed by atoms with E-state index in [1.54, 1.807) is 18.5 Å². The SMILES string of the molecule is CC(C)(C)n1nccc1CN1CCc2c(-c3ccncc3)cc(C(N)=O)nc2C1. The van der Waals surface area contributed by atoms with Gasteiger partial charge in [0.1, 0.15) is 5.69 Å². The summed E-state index contributed by atoms with van der Waals surface area (Å²) in [5, 5.41) is 4.50. The molecule has 0 spiro atoms. The predicted molar refractivity (Wildman–Crippen MR) is 111 cm³/mol. The number of fused-ring (bicyclic) bond motifs is 1. The zero-order valence-electron chi connectivity index (χ0n) is 17.1. The summed E-state index contributed by atoms with van der Waals surface area (Å²) in [6, 6.07) is 7.78. The van der Waals surface area contributed by atoms with Crippen molar-refractivity contribution in [1.29, 1.82) is 0 Å². The first kappa shape index (κ1) is 19.3. The molecule has 4 rings (SSSR count). The maximum atomic E-state index is 11.9. The third-order valence-corrected chi connectivity index (χ3v) is 5.25. The van der Waals surface area contributed by atoms with Crippen molar-refractivity contribution in [3.05, 3.63) is 65.5 Å². The largest absolute Gasteiger partial charge is 0.364 e. The second-order valence-electron chi connectivity index (χ2n) is 8.45. The van der Waals surface area contributed by atoms with Crippen LogP contribution in [0.25, 0.3) is 11.1 Å². The van der Waals surface area contributed by atoms with Crippen LogP contribution in [0.15, 0.2) is 42.9 Å². The average Bonchev–Trinajstić information content (AvgIpc) is 3.16. The van der Waals surface area contributed by atoms with Gasteiger partial charge in [0.05, 0.1) is 16.9 Å². The standard InChI is InChI=1S/C22H26N6O/c1-22(2,3)28-16(6-10-25-28)13-27-11-7-17-18(15-4-8-24-9-5-15)12-19(21(23)29)26-20(17)14-27/h4-6,8-10,12H,7,11,13-14H2,1-3H3,(H2,23,29). The molecule has 1 aliphatic heterocycles. The molecule has 1 amide bonds. The van der Waals surface area contributed by atoms with Gasteiger partial charge in [-0.3, -0.25) is 19.4 Å². The van der Waals surface area contributed by atoms with E-state index in [9.17, 15) is 4.79 Å². The van der Waals surface area contributed by atoms with Crippen molar-refractivity contribution >= 4 is 5.91 Å². The van der Waals surface area contributed by atoms with Crippen LogP contribution in [0, 0.1) is 0 Å². The van der Waals surface area contributed by atoms with Crippen molar-refractivity contribution in [2.24, 2.45) is 5.73 Å². The first-order valence-corrected chi connectivity index (χ1v) is 9.81. The lowest BCUT2D eigenvalue weighted by atomic mass is 9.93. The first-order chi connectivity index (χ1) is 13.8. The summed E-state index contributed by atoms with van der Waals surface area (Å²) in [7, 11) is 0. The van der Waals surface area contributed by atoms with Gasteiger partial charge in [-0.05, 0) is 68.1 Å². The van der Waals surface area contributed by atoms with Gasteiger partial charge in [0, 0.05) is 38.2 Å². The van der Waals surface area contributed by atoms with Gasteiger partial charge in [-0.15, -0.1) is 0 Å². The van der Waals surface area contributed by atoms with Crippen LogP contribution in [0.1, 0.15) is 48.2 Å². The molecule has 0 unspecified atom stereocenters. The number of nitrogens with zero attached hydrogens (tertiary/aromatic N) is 5. The maximum absolute atomic E-state index is 11.9. The quantitative estimate of drug-likeness (QED) is 0.740. The zero-order chi connectivity index (χ0) is 20.6. The topological polar surface area (TPSA) is 89.9 Å². The molecule has 0 aromatic carbocycles. The molecule has 0 fully saturated rings. The summed E-state index contributed by atoms with van der Waals surface area (Å²) in [6.45, 7) is 8.82. The van der Waals surface area contributed by atoms with Crippen LogP contribution in [0.5, 0.6) is 0 Å². The summed E-state index contributed by atoms with van der Waals surface area (Å²) in [5.41, 5.74) is 11.1. The maximum Gasteiger partial charge on any atom is 0.267 e. The Morgan fingerprint density at radius 3 is 2.62 bits per heavy atom. The molecule has 1 aliphatic rings. The molecule has 3 aromatic heterocycles. The summed E-state index contributed by atoms with van der Waals surface area (Å²) < 4.78 is 2.07. The van der Waals surface area contributed by atoms with E-state index < -0.39 is 5.91 Å². The van der Waals surface area contributed by atoms with Gasteiger partial charge in [-0.2, -0.15) is 5.10 Å². The third-order valence-electron chi connectivity index (χ3n) is 5.25. The van der Waals surface area contributed by atoms with Crippen LogP contribution < -0.4 is 5.73 Å². The smallest absolute Gasteiger partial charge is 0.267 e. The highest BCUT2D eigenvalue weighted by Crippen LogP contribution is 2.30. The zero-order valence-corrected chi connectivity index (χ0v) is 17.1. The minimum Gasteiger partial charge on any atom is -0.364 e. The summed E-state index contributed by atoms with van der Waals surface area (Å²) in [5.74, 6) is -0.508. The highest BCUT2D eigenvalue weighted by atomic mass is 16.1. The molecule has 0 saturated heterocycles. The van der Waals surface area contributed by atoms with Crippen LogP contribution in [0.3, 0.4) is 0 Å².